The van der Waals surface area contributed by atoms with Gasteiger partial charge in [0.1, 0.15) is 0 Å². The molecule has 0 bridgehead atoms. The molecule has 0 saturated carbocycles. The van der Waals surface area contributed by atoms with Crippen molar-refractivity contribution in [2.24, 2.45) is 0 Å². The fraction of sp³-hybridized carbons (Fsp3) is 0.267. The number of hydrogen-bond acceptors (Lipinski definition) is 5. The van der Waals surface area contributed by atoms with Gasteiger partial charge in [0.15, 0.2) is 0 Å². The molecular weight excluding hydrogens is 252 g/mol. The average Bonchev–Trinajstić information content (AvgIpc) is 2.48. The van der Waals surface area contributed by atoms with Crippen LogP contribution in [-0.2, 0) is 0 Å². The molecule has 0 aliphatic rings. The van der Waals surface area contributed by atoms with Crippen LogP contribution in [0.1, 0.15) is 31.0 Å². The summed E-state index contributed by atoms with van der Waals surface area (Å²) in [6, 6.07) is 11.3. The summed E-state index contributed by atoms with van der Waals surface area (Å²) in [5.74, 6) is 1.07. The van der Waals surface area contributed by atoms with Crippen LogP contribution in [0.4, 0.5) is 5.95 Å². The monoisotopic (exact) mass is 268 g/mol. The minimum atomic E-state index is 0.0413. The lowest BCUT2D eigenvalue weighted by atomic mass is 10.1. The molecule has 1 atom stereocenters. The SMILES string of the molecule is CCOc1ccnc(NC(C)c2ccc(C#N)cc2)n1. The quantitative estimate of drug-likeness (QED) is 0.902. The van der Waals surface area contributed by atoms with Gasteiger partial charge in [0.25, 0.3) is 0 Å². The second-order valence-corrected chi connectivity index (χ2v) is 4.25. The topological polar surface area (TPSA) is 70.8 Å². The molecule has 1 N–H and O–H groups in total. The largest absolute Gasteiger partial charge is 0.478 e. The number of nitrogens with zero attached hydrogens (tertiary/aromatic N) is 3. The maximum absolute atomic E-state index is 8.78. The number of aromatic nitrogens is 2. The first kappa shape index (κ1) is 13.8. The number of anilines is 1. The molecule has 0 saturated heterocycles. The van der Waals surface area contributed by atoms with Crippen LogP contribution in [0.3, 0.4) is 0 Å². The van der Waals surface area contributed by atoms with Crippen LogP contribution in [0.2, 0.25) is 0 Å². The summed E-state index contributed by atoms with van der Waals surface area (Å²) in [7, 11) is 0. The lowest BCUT2D eigenvalue weighted by Crippen LogP contribution is -2.10. The van der Waals surface area contributed by atoms with E-state index in [1.165, 1.54) is 0 Å². The third kappa shape index (κ3) is 3.45. The summed E-state index contributed by atoms with van der Waals surface area (Å²) in [6.07, 6.45) is 1.66. The molecule has 0 fully saturated rings. The van der Waals surface area contributed by atoms with Gasteiger partial charge in [0, 0.05) is 12.3 Å². The number of rotatable bonds is 5. The molecule has 20 heavy (non-hydrogen) atoms. The Hall–Kier alpha value is -2.61. The van der Waals surface area contributed by atoms with Gasteiger partial charge in [-0.2, -0.15) is 10.2 Å². The van der Waals surface area contributed by atoms with Crippen molar-refractivity contribution in [1.29, 1.82) is 5.26 Å². The predicted molar refractivity (Wildman–Crippen MR) is 76.4 cm³/mol. The Bertz CT molecular complexity index is 604. The molecule has 1 unspecified atom stereocenters. The molecule has 1 heterocycles. The highest BCUT2D eigenvalue weighted by Crippen LogP contribution is 2.18. The van der Waals surface area contributed by atoms with Crippen molar-refractivity contribution >= 4 is 5.95 Å². The zero-order valence-corrected chi connectivity index (χ0v) is 11.5. The summed E-state index contributed by atoms with van der Waals surface area (Å²) in [5, 5.41) is 12.0. The van der Waals surface area contributed by atoms with E-state index in [2.05, 4.69) is 21.4 Å². The third-order valence-electron chi connectivity index (χ3n) is 2.81. The van der Waals surface area contributed by atoms with E-state index in [1.54, 1.807) is 24.4 Å². The number of hydrogen-bond donors (Lipinski definition) is 1. The van der Waals surface area contributed by atoms with E-state index in [9.17, 15) is 0 Å². The smallest absolute Gasteiger partial charge is 0.226 e. The van der Waals surface area contributed by atoms with Crippen LogP contribution in [0.25, 0.3) is 0 Å². The van der Waals surface area contributed by atoms with Crippen LogP contribution in [-0.4, -0.2) is 16.6 Å². The van der Waals surface area contributed by atoms with Gasteiger partial charge in [-0.05, 0) is 31.5 Å². The predicted octanol–water partition coefficient (Wildman–Crippen LogP) is 2.92. The number of nitriles is 1. The van der Waals surface area contributed by atoms with Crippen LogP contribution in [0, 0.1) is 11.3 Å². The number of nitrogens with one attached hydrogen (secondary N) is 1. The summed E-state index contributed by atoms with van der Waals surface area (Å²) >= 11 is 0. The van der Waals surface area contributed by atoms with E-state index in [4.69, 9.17) is 10.00 Å². The van der Waals surface area contributed by atoms with Gasteiger partial charge in [-0.25, -0.2) is 4.98 Å². The van der Waals surface area contributed by atoms with Crippen molar-refractivity contribution in [2.45, 2.75) is 19.9 Å². The van der Waals surface area contributed by atoms with Gasteiger partial charge in [-0.1, -0.05) is 12.1 Å². The van der Waals surface area contributed by atoms with Gasteiger partial charge in [0.05, 0.1) is 24.3 Å². The summed E-state index contributed by atoms with van der Waals surface area (Å²) < 4.78 is 5.34. The first-order chi connectivity index (χ1) is 9.72. The van der Waals surface area contributed by atoms with E-state index >= 15 is 0 Å². The molecule has 0 aliphatic carbocycles. The van der Waals surface area contributed by atoms with E-state index < -0.39 is 0 Å². The maximum Gasteiger partial charge on any atom is 0.226 e. The Morgan fingerprint density at radius 3 is 2.70 bits per heavy atom. The molecule has 0 spiro atoms. The molecule has 2 rings (SSSR count). The molecule has 5 nitrogen and oxygen atoms in total. The Morgan fingerprint density at radius 2 is 2.05 bits per heavy atom. The van der Waals surface area contributed by atoms with E-state index in [1.807, 2.05) is 26.0 Å². The van der Waals surface area contributed by atoms with Gasteiger partial charge in [-0.3, -0.25) is 0 Å². The Kier molecular flexibility index (Phi) is 4.51. The first-order valence-electron chi connectivity index (χ1n) is 6.45. The van der Waals surface area contributed by atoms with E-state index in [0.717, 1.165) is 5.56 Å². The molecular formula is C15H16N4O. The summed E-state index contributed by atoms with van der Waals surface area (Å²) in [6.45, 7) is 4.49. The molecule has 0 radical (unpaired) electrons. The van der Waals surface area contributed by atoms with Gasteiger partial charge in [0.2, 0.25) is 11.8 Å². The van der Waals surface area contributed by atoms with Crippen molar-refractivity contribution in [1.82, 2.24) is 9.97 Å². The molecule has 5 heteroatoms. The summed E-state index contributed by atoms with van der Waals surface area (Å²) in [4.78, 5) is 8.43. The molecule has 0 aliphatic heterocycles. The normalized spacial score (nSPS) is 11.4. The average molecular weight is 268 g/mol. The van der Waals surface area contributed by atoms with Crippen LogP contribution >= 0.6 is 0 Å². The lowest BCUT2D eigenvalue weighted by Gasteiger charge is -2.14. The fourth-order valence-electron chi connectivity index (χ4n) is 1.76. The highest BCUT2D eigenvalue weighted by molar-refractivity contribution is 5.37. The second kappa shape index (κ2) is 6.53. The Labute approximate surface area is 118 Å². The van der Waals surface area contributed by atoms with Crippen molar-refractivity contribution in [3.05, 3.63) is 47.7 Å². The standard InChI is InChI=1S/C15H16N4O/c1-3-20-14-8-9-17-15(19-14)18-11(2)13-6-4-12(10-16)5-7-13/h4-9,11H,3H2,1-2H3,(H,17,18,19). The molecule has 1 aromatic carbocycles. The maximum atomic E-state index is 8.78. The minimum absolute atomic E-state index is 0.0413. The van der Waals surface area contributed by atoms with Crippen molar-refractivity contribution in [3.8, 4) is 11.9 Å². The van der Waals surface area contributed by atoms with Crippen LogP contribution in [0.15, 0.2) is 36.5 Å². The van der Waals surface area contributed by atoms with Crippen molar-refractivity contribution < 1.29 is 4.74 Å². The number of benzene rings is 1. The van der Waals surface area contributed by atoms with Crippen molar-refractivity contribution in [2.75, 3.05) is 11.9 Å². The number of ether oxygens (including phenoxy) is 1. The van der Waals surface area contributed by atoms with E-state index in [-0.39, 0.29) is 6.04 Å². The molecule has 0 amide bonds. The first-order valence-corrected chi connectivity index (χ1v) is 6.45. The van der Waals surface area contributed by atoms with Gasteiger partial charge >= 0.3 is 0 Å². The third-order valence-corrected chi connectivity index (χ3v) is 2.81. The van der Waals surface area contributed by atoms with E-state index in [0.29, 0.717) is 24.0 Å². The molecule has 2 aromatic rings. The van der Waals surface area contributed by atoms with Crippen LogP contribution in [0.5, 0.6) is 5.88 Å². The second-order valence-electron chi connectivity index (χ2n) is 4.25. The van der Waals surface area contributed by atoms with Crippen molar-refractivity contribution in [3.63, 3.8) is 0 Å². The highest BCUT2D eigenvalue weighted by Gasteiger charge is 2.07. The van der Waals surface area contributed by atoms with Crippen LogP contribution < -0.4 is 10.1 Å². The zero-order chi connectivity index (χ0) is 14.4. The minimum Gasteiger partial charge on any atom is -0.478 e. The lowest BCUT2D eigenvalue weighted by molar-refractivity contribution is 0.326. The molecule has 1 aromatic heterocycles. The van der Waals surface area contributed by atoms with Gasteiger partial charge in [-0.15, -0.1) is 0 Å². The Morgan fingerprint density at radius 1 is 1.30 bits per heavy atom. The Balaban J connectivity index is 2.08. The van der Waals surface area contributed by atoms with Gasteiger partial charge < -0.3 is 10.1 Å². The highest BCUT2D eigenvalue weighted by atomic mass is 16.5. The fourth-order valence-corrected chi connectivity index (χ4v) is 1.76. The molecule has 102 valence electrons. The summed E-state index contributed by atoms with van der Waals surface area (Å²) in [5.41, 5.74) is 1.71. The zero-order valence-electron chi connectivity index (χ0n) is 11.5.